The number of aliphatic hydroxyl groups is 1. The molecule has 9 nitrogen and oxygen atoms in total. The molecule has 1 unspecified atom stereocenters. The fourth-order valence-electron chi connectivity index (χ4n) is 5.79. The minimum Gasteiger partial charge on any atom is -0.477 e. The van der Waals surface area contributed by atoms with E-state index in [0.717, 1.165) is 34.5 Å². The Labute approximate surface area is 217 Å². The highest BCUT2D eigenvalue weighted by molar-refractivity contribution is 5.98. The molecule has 3 N–H and O–H groups in total. The molecule has 6 rings (SSSR count). The third kappa shape index (κ3) is 3.63. The normalized spacial score (nSPS) is 16.1. The molecule has 2 aliphatic rings. The van der Waals surface area contributed by atoms with Crippen molar-refractivity contribution in [3.8, 4) is 22.3 Å². The van der Waals surface area contributed by atoms with Gasteiger partial charge in [-0.1, -0.05) is 0 Å². The van der Waals surface area contributed by atoms with Crippen molar-refractivity contribution in [2.45, 2.75) is 12.8 Å². The number of halogens is 1. The van der Waals surface area contributed by atoms with E-state index in [0.29, 0.717) is 42.0 Å². The predicted octanol–water partition coefficient (Wildman–Crippen LogP) is 3.26. The first-order chi connectivity index (χ1) is 18.3. The number of aryl methyl sites for hydroxylation is 1. The Morgan fingerprint density at radius 2 is 2.03 bits per heavy atom. The van der Waals surface area contributed by atoms with Crippen molar-refractivity contribution in [2.24, 2.45) is 13.0 Å². The number of benzene rings is 1. The topological polar surface area (TPSA) is 121 Å². The fourth-order valence-corrected chi connectivity index (χ4v) is 5.79. The van der Waals surface area contributed by atoms with Crippen LogP contribution >= 0.6 is 0 Å². The zero-order valence-electron chi connectivity index (χ0n) is 21.0. The van der Waals surface area contributed by atoms with Gasteiger partial charge in [-0.05, 0) is 35.7 Å². The number of aliphatic hydroxyl groups excluding tert-OH is 1. The number of nitrogens with zero attached hydrogens (tertiary/aromatic N) is 4. The van der Waals surface area contributed by atoms with E-state index in [-0.39, 0.29) is 29.3 Å². The number of nitrogens with one attached hydrogen (secondary N) is 1. The number of anilines is 2. The van der Waals surface area contributed by atoms with Crippen LogP contribution in [-0.4, -0.2) is 57.5 Å². The van der Waals surface area contributed by atoms with Crippen LogP contribution in [0.1, 0.15) is 28.0 Å². The molecule has 0 amide bonds. The summed E-state index contributed by atoms with van der Waals surface area (Å²) in [6.45, 7) is 1.39. The van der Waals surface area contributed by atoms with Crippen LogP contribution in [0, 0.1) is 11.7 Å². The fraction of sp³-hybridized carbons (Fsp3) is 0.286. The molecule has 3 aromatic heterocycles. The van der Waals surface area contributed by atoms with Gasteiger partial charge in [0.05, 0.1) is 16.8 Å². The van der Waals surface area contributed by atoms with Crippen LogP contribution in [0.15, 0.2) is 41.6 Å². The minimum absolute atomic E-state index is 0.0692. The van der Waals surface area contributed by atoms with Crippen molar-refractivity contribution in [2.75, 3.05) is 37.0 Å². The molecular formula is C28H26FN5O4. The zero-order chi connectivity index (χ0) is 26.7. The third-order valence-corrected chi connectivity index (χ3v) is 7.64. The lowest BCUT2D eigenvalue weighted by Gasteiger charge is -2.26. The SMILES string of the molecule is CNc1cc(F)cc2c1Cc1ncc(-c3cnc4c(c3)c(=O)c(C(=O)O)cn4C)c(N3CCC(CO)C3)c1-2. The van der Waals surface area contributed by atoms with Gasteiger partial charge in [0.15, 0.2) is 0 Å². The summed E-state index contributed by atoms with van der Waals surface area (Å²) in [6, 6.07) is 4.67. The zero-order valence-corrected chi connectivity index (χ0v) is 21.0. The molecule has 1 aliphatic heterocycles. The average molecular weight is 516 g/mol. The Kier molecular flexibility index (Phi) is 5.64. The maximum atomic E-state index is 14.7. The second-order valence-corrected chi connectivity index (χ2v) is 9.91. The molecule has 0 saturated carbocycles. The van der Waals surface area contributed by atoms with Crippen LogP contribution in [0.25, 0.3) is 33.3 Å². The number of hydrogen-bond acceptors (Lipinski definition) is 7. The second kappa shape index (κ2) is 8.91. The van der Waals surface area contributed by atoms with Crippen LogP contribution in [0.2, 0.25) is 0 Å². The van der Waals surface area contributed by atoms with Gasteiger partial charge in [-0.15, -0.1) is 0 Å². The summed E-state index contributed by atoms with van der Waals surface area (Å²) in [7, 11) is 3.41. The number of fused-ring (bicyclic) bond motifs is 4. The summed E-state index contributed by atoms with van der Waals surface area (Å²) in [4.78, 5) is 36.2. The first-order valence-corrected chi connectivity index (χ1v) is 12.4. The van der Waals surface area contributed by atoms with E-state index < -0.39 is 11.4 Å². The van der Waals surface area contributed by atoms with Gasteiger partial charge in [-0.2, -0.15) is 0 Å². The van der Waals surface area contributed by atoms with E-state index in [4.69, 9.17) is 4.98 Å². The average Bonchev–Trinajstić information content (AvgIpc) is 3.54. The van der Waals surface area contributed by atoms with Crippen LogP contribution in [0.5, 0.6) is 0 Å². The quantitative estimate of drug-likeness (QED) is 0.326. The van der Waals surface area contributed by atoms with Gasteiger partial charge in [0, 0.05) is 87.1 Å². The van der Waals surface area contributed by atoms with Gasteiger partial charge in [0.2, 0.25) is 5.43 Å². The highest BCUT2D eigenvalue weighted by Crippen LogP contribution is 2.49. The summed E-state index contributed by atoms with van der Waals surface area (Å²) < 4.78 is 16.2. The summed E-state index contributed by atoms with van der Waals surface area (Å²) in [5.41, 5.74) is 5.68. The first-order valence-electron chi connectivity index (χ1n) is 12.4. The largest absolute Gasteiger partial charge is 0.477 e. The summed E-state index contributed by atoms with van der Waals surface area (Å²) >= 11 is 0. The van der Waals surface area contributed by atoms with E-state index in [2.05, 4.69) is 15.2 Å². The molecular weight excluding hydrogens is 489 g/mol. The maximum Gasteiger partial charge on any atom is 0.341 e. The third-order valence-electron chi connectivity index (χ3n) is 7.64. The Bertz CT molecular complexity index is 1700. The van der Waals surface area contributed by atoms with Crippen LogP contribution in [-0.2, 0) is 13.5 Å². The lowest BCUT2D eigenvalue weighted by Crippen LogP contribution is -2.22. The number of rotatable bonds is 5. The van der Waals surface area contributed by atoms with E-state index in [9.17, 15) is 24.2 Å². The van der Waals surface area contributed by atoms with Gasteiger partial charge in [-0.3, -0.25) is 9.78 Å². The summed E-state index contributed by atoms with van der Waals surface area (Å²) in [6.07, 6.45) is 6.02. The van der Waals surface area contributed by atoms with Crippen molar-refractivity contribution >= 4 is 28.4 Å². The van der Waals surface area contributed by atoms with Crippen LogP contribution in [0.3, 0.4) is 0 Å². The van der Waals surface area contributed by atoms with Gasteiger partial charge in [0.1, 0.15) is 17.0 Å². The van der Waals surface area contributed by atoms with Crippen molar-refractivity contribution in [1.82, 2.24) is 14.5 Å². The molecule has 194 valence electrons. The molecule has 1 fully saturated rings. The lowest BCUT2D eigenvalue weighted by atomic mass is 9.97. The van der Waals surface area contributed by atoms with Crippen LogP contribution < -0.4 is 15.6 Å². The number of pyridine rings is 3. The molecule has 38 heavy (non-hydrogen) atoms. The number of aromatic nitrogens is 3. The number of carboxylic acid groups (broad SMARTS) is 1. The molecule has 0 radical (unpaired) electrons. The minimum atomic E-state index is -1.30. The molecule has 4 heterocycles. The van der Waals surface area contributed by atoms with Crippen LogP contribution in [0.4, 0.5) is 15.8 Å². The predicted molar refractivity (Wildman–Crippen MR) is 142 cm³/mol. The van der Waals surface area contributed by atoms with E-state index in [1.807, 2.05) is 0 Å². The molecule has 1 saturated heterocycles. The summed E-state index contributed by atoms with van der Waals surface area (Å²) in [5, 5.41) is 22.6. The molecule has 0 spiro atoms. The molecule has 4 aromatic rings. The highest BCUT2D eigenvalue weighted by atomic mass is 19.1. The van der Waals surface area contributed by atoms with Crippen molar-refractivity contribution in [3.05, 3.63) is 69.7 Å². The van der Waals surface area contributed by atoms with E-state index in [1.165, 1.54) is 22.9 Å². The molecule has 0 bridgehead atoms. The number of carbonyl (C=O) groups is 1. The number of hydrogen-bond donors (Lipinski definition) is 3. The van der Waals surface area contributed by atoms with Crippen molar-refractivity contribution in [1.29, 1.82) is 0 Å². The van der Waals surface area contributed by atoms with Crippen molar-refractivity contribution in [3.63, 3.8) is 0 Å². The Morgan fingerprint density at radius 3 is 2.74 bits per heavy atom. The monoisotopic (exact) mass is 515 g/mol. The van der Waals surface area contributed by atoms with Gasteiger partial charge < -0.3 is 25.0 Å². The van der Waals surface area contributed by atoms with Gasteiger partial charge in [-0.25, -0.2) is 14.2 Å². The van der Waals surface area contributed by atoms with E-state index in [1.54, 1.807) is 32.6 Å². The molecule has 1 atom stereocenters. The van der Waals surface area contributed by atoms with E-state index >= 15 is 0 Å². The Morgan fingerprint density at radius 1 is 1.21 bits per heavy atom. The van der Waals surface area contributed by atoms with Gasteiger partial charge >= 0.3 is 5.97 Å². The smallest absolute Gasteiger partial charge is 0.341 e. The maximum absolute atomic E-state index is 14.7. The molecule has 1 aromatic carbocycles. The second-order valence-electron chi connectivity index (χ2n) is 9.91. The molecule has 10 heteroatoms. The lowest BCUT2D eigenvalue weighted by molar-refractivity contribution is 0.0695. The van der Waals surface area contributed by atoms with Gasteiger partial charge in [0.25, 0.3) is 0 Å². The standard InChI is InChI=1S/C28H26FN5O4/c1-30-22-7-16(29)6-18-17(22)8-23-24(18)25(34-4-3-14(11-34)13-35)20(10-31-23)15-5-19-26(36)21(28(37)38)12-33(2)27(19)32-9-15/h5-7,9-10,12,14,30,35H,3-4,8,11,13H2,1-2H3,(H,37,38). The molecule has 1 aliphatic carbocycles. The Balaban J connectivity index is 1.63. The van der Waals surface area contributed by atoms with Crippen molar-refractivity contribution < 1.29 is 19.4 Å². The highest BCUT2D eigenvalue weighted by Gasteiger charge is 2.33. The number of carboxylic acids is 1. The Hall–Kier alpha value is -4.31. The number of aromatic carboxylic acids is 1. The summed E-state index contributed by atoms with van der Waals surface area (Å²) in [5.74, 6) is -1.55. The first kappa shape index (κ1) is 24.1.